The molecule has 1 aromatic heterocycles. The maximum absolute atomic E-state index is 3.66. The number of hydrogen-bond acceptors (Lipinski definition) is 2. The molecule has 0 saturated heterocycles. The normalized spacial score (nSPS) is 12.7. The van der Waals surface area contributed by atoms with Gasteiger partial charge < -0.3 is 5.32 Å². The second kappa shape index (κ2) is 6.00. The van der Waals surface area contributed by atoms with E-state index in [2.05, 4.69) is 72.3 Å². The van der Waals surface area contributed by atoms with Crippen LogP contribution in [0.15, 0.2) is 34.8 Å². The number of rotatable bonds is 4. The van der Waals surface area contributed by atoms with Crippen LogP contribution in [-0.2, 0) is 0 Å². The van der Waals surface area contributed by atoms with Crippen LogP contribution < -0.4 is 5.32 Å². The van der Waals surface area contributed by atoms with Gasteiger partial charge in [0.05, 0.1) is 6.04 Å². The van der Waals surface area contributed by atoms with Crippen molar-refractivity contribution >= 4 is 27.3 Å². The Morgan fingerprint density at radius 1 is 1.22 bits per heavy atom. The first-order valence-corrected chi connectivity index (χ1v) is 7.79. The fourth-order valence-electron chi connectivity index (χ4n) is 2.24. The van der Waals surface area contributed by atoms with Crippen LogP contribution in [0, 0.1) is 13.8 Å². The van der Waals surface area contributed by atoms with E-state index in [0.29, 0.717) is 0 Å². The molecular weight excluding hydrogens is 306 g/mol. The number of halogens is 1. The van der Waals surface area contributed by atoms with E-state index in [9.17, 15) is 0 Å². The average molecular weight is 324 g/mol. The molecule has 0 amide bonds. The fourth-order valence-corrected chi connectivity index (χ4v) is 3.72. The van der Waals surface area contributed by atoms with Crippen molar-refractivity contribution in [3.8, 4) is 0 Å². The number of nitrogens with one attached hydrogen (secondary N) is 1. The molecule has 0 saturated carbocycles. The molecule has 3 heteroatoms. The molecule has 18 heavy (non-hydrogen) atoms. The van der Waals surface area contributed by atoms with Gasteiger partial charge in [-0.3, -0.25) is 0 Å². The molecule has 1 N–H and O–H groups in total. The monoisotopic (exact) mass is 323 g/mol. The quantitative estimate of drug-likeness (QED) is 0.850. The molecule has 0 spiro atoms. The highest BCUT2D eigenvalue weighted by Crippen LogP contribution is 2.33. The molecule has 1 unspecified atom stereocenters. The third-order valence-electron chi connectivity index (χ3n) is 3.01. The smallest absolute Gasteiger partial charge is 0.0598 e. The van der Waals surface area contributed by atoms with Gasteiger partial charge in [-0.2, -0.15) is 0 Å². The molecule has 1 heterocycles. The summed E-state index contributed by atoms with van der Waals surface area (Å²) in [5.41, 5.74) is 2.70. The molecule has 0 aliphatic rings. The number of aryl methyl sites for hydroxylation is 2. The van der Waals surface area contributed by atoms with Gasteiger partial charge in [0.2, 0.25) is 0 Å². The van der Waals surface area contributed by atoms with Gasteiger partial charge in [-0.15, -0.1) is 11.3 Å². The lowest BCUT2D eigenvalue weighted by molar-refractivity contribution is 0.628. The second-order valence-electron chi connectivity index (χ2n) is 4.38. The molecule has 2 aromatic rings. The lowest BCUT2D eigenvalue weighted by Gasteiger charge is -2.20. The van der Waals surface area contributed by atoms with Crippen molar-refractivity contribution in [1.82, 2.24) is 5.32 Å². The zero-order valence-electron chi connectivity index (χ0n) is 11.0. The predicted molar refractivity (Wildman–Crippen MR) is 83.5 cm³/mol. The molecule has 96 valence electrons. The maximum Gasteiger partial charge on any atom is 0.0598 e. The first-order valence-electron chi connectivity index (χ1n) is 6.18. The van der Waals surface area contributed by atoms with Gasteiger partial charge in [0.25, 0.3) is 0 Å². The van der Waals surface area contributed by atoms with E-state index in [-0.39, 0.29) is 6.04 Å². The zero-order chi connectivity index (χ0) is 13.1. The molecule has 2 rings (SSSR count). The Kier molecular flexibility index (Phi) is 4.60. The van der Waals surface area contributed by atoms with Crippen molar-refractivity contribution in [1.29, 1.82) is 0 Å². The maximum atomic E-state index is 3.66. The number of thiophene rings is 1. The standard InChI is InChI=1S/C15H18BrNS/c1-4-17-15(12-7-5-6-8-14(12)16)13-9-10(2)18-11(13)3/h5-9,15,17H,4H2,1-3H3. The van der Waals surface area contributed by atoms with Gasteiger partial charge in [-0.05, 0) is 43.7 Å². The van der Waals surface area contributed by atoms with Gasteiger partial charge >= 0.3 is 0 Å². The summed E-state index contributed by atoms with van der Waals surface area (Å²) in [6.07, 6.45) is 0. The minimum atomic E-state index is 0.274. The first kappa shape index (κ1) is 13.8. The van der Waals surface area contributed by atoms with Gasteiger partial charge in [0, 0.05) is 14.2 Å². The average Bonchev–Trinajstić information content (AvgIpc) is 2.66. The topological polar surface area (TPSA) is 12.0 Å². The van der Waals surface area contributed by atoms with E-state index in [1.165, 1.54) is 25.4 Å². The summed E-state index contributed by atoms with van der Waals surface area (Å²) in [4.78, 5) is 2.77. The van der Waals surface area contributed by atoms with E-state index in [4.69, 9.17) is 0 Å². The minimum Gasteiger partial charge on any atom is -0.306 e. The van der Waals surface area contributed by atoms with Crippen molar-refractivity contribution in [3.63, 3.8) is 0 Å². The van der Waals surface area contributed by atoms with Crippen LogP contribution in [0.2, 0.25) is 0 Å². The Labute approximate surface area is 121 Å². The highest BCUT2D eigenvalue weighted by Gasteiger charge is 2.18. The van der Waals surface area contributed by atoms with Crippen molar-refractivity contribution in [2.45, 2.75) is 26.8 Å². The van der Waals surface area contributed by atoms with E-state index < -0.39 is 0 Å². The fraction of sp³-hybridized carbons (Fsp3) is 0.333. The molecule has 0 bridgehead atoms. The highest BCUT2D eigenvalue weighted by molar-refractivity contribution is 9.10. The summed E-state index contributed by atoms with van der Waals surface area (Å²) in [6, 6.07) is 11.0. The van der Waals surface area contributed by atoms with Crippen LogP contribution in [0.4, 0.5) is 0 Å². The van der Waals surface area contributed by atoms with Crippen LogP contribution in [0.1, 0.15) is 33.8 Å². The Hall–Kier alpha value is -0.640. The van der Waals surface area contributed by atoms with E-state index in [1.807, 2.05) is 11.3 Å². The SMILES string of the molecule is CCNC(c1ccccc1Br)c1cc(C)sc1C. The third-order valence-corrected chi connectivity index (χ3v) is 4.72. The van der Waals surface area contributed by atoms with Gasteiger partial charge in [0.1, 0.15) is 0 Å². The minimum absolute atomic E-state index is 0.274. The Morgan fingerprint density at radius 2 is 1.94 bits per heavy atom. The Balaban J connectivity index is 2.46. The summed E-state index contributed by atoms with van der Waals surface area (Å²) in [5, 5.41) is 3.59. The van der Waals surface area contributed by atoms with Gasteiger partial charge in [0.15, 0.2) is 0 Å². The summed E-state index contributed by atoms with van der Waals surface area (Å²) >= 11 is 5.53. The number of hydrogen-bond donors (Lipinski definition) is 1. The third kappa shape index (κ3) is 2.85. The summed E-state index contributed by atoms with van der Waals surface area (Å²) in [5.74, 6) is 0. The van der Waals surface area contributed by atoms with Crippen LogP contribution in [0.25, 0.3) is 0 Å². The molecule has 1 atom stereocenters. The Morgan fingerprint density at radius 3 is 2.50 bits per heavy atom. The highest BCUT2D eigenvalue weighted by atomic mass is 79.9. The molecule has 0 aliphatic carbocycles. The predicted octanol–water partition coefficient (Wildman–Crippen LogP) is 4.83. The molecular formula is C15H18BrNS. The van der Waals surface area contributed by atoms with Crippen LogP contribution in [0.5, 0.6) is 0 Å². The molecule has 0 radical (unpaired) electrons. The largest absolute Gasteiger partial charge is 0.306 e. The van der Waals surface area contributed by atoms with Crippen LogP contribution in [0.3, 0.4) is 0 Å². The van der Waals surface area contributed by atoms with Crippen molar-refractivity contribution in [2.75, 3.05) is 6.54 Å². The molecule has 1 aromatic carbocycles. The van der Waals surface area contributed by atoms with Crippen LogP contribution in [-0.4, -0.2) is 6.54 Å². The van der Waals surface area contributed by atoms with E-state index in [0.717, 1.165) is 6.54 Å². The first-order chi connectivity index (χ1) is 8.63. The van der Waals surface area contributed by atoms with Crippen molar-refractivity contribution < 1.29 is 0 Å². The van der Waals surface area contributed by atoms with Crippen molar-refractivity contribution in [2.24, 2.45) is 0 Å². The molecule has 0 aliphatic heterocycles. The second-order valence-corrected chi connectivity index (χ2v) is 6.70. The van der Waals surface area contributed by atoms with Gasteiger partial charge in [-0.25, -0.2) is 0 Å². The van der Waals surface area contributed by atoms with E-state index >= 15 is 0 Å². The van der Waals surface area contributed by atoms with E-state index in [1.54, 1.807) is 0 Å². The Bertz CT molecular complexity index is 533. The number of benzene rings is 1. The lowest BCUT2D eigenvalue weighted by Crippen LogP contribution is -2.22. The summed E-state index contributed by atoms with van der Waals surface area (Å²) in [7, 11) is 0. The zero-order valence-corrected chi connectivity index (χ0v) is 13.4. The van der Waals surface area contributed by atoms with Crippen LogP contribution >= 0.6 is 27.3 Å². The van der Waals surface area contributed by atoms with Crippen molar-refractivity contribution in [3.05, 3.63) is 55.7 Å². The lowest BCUT2D eigenvalue weighted by atomic mass is 9.99. The summed E-state index contributed by atoms with van der Waals surface area (Å²) < 4.78 is 1.17. The molecule has 0 fully saturated rings. The van der Waals surface area contributed by atoms with Gasteiger partial charge in [-0.1, -0.05) is 41.1 Å². The molecule has 1 nitrogen and oxygen atoms in total. The summed E-state index contributed by atoms with van der Waals surface area (Å²) in [6.45, 7) is 7.48.